The van der Waals surface area contributed by atoms with Crippen molar-refractivity contribution >= 4 is 17.1 Å². The molecule has 0 unspecified atom stereocenters. The van der Waals surface area contributed by atoms with Crippen LogP contribution < -0.4 is 5.32 Å². The van der Waals surface area contributed by atoms with E-state index >= 15 is 0 Å². The molecule has 0 atom stereocenters. The number of halogens is 1. The van der Waals surface area contributed by atoms with Gasteiger partial charge in [0, 0.05) is 29.6 Å². The van der Waals surface area contributed by atoms with E-state index in [0.717, 1.165) is 18.5 Å². The van der Waals surface area contributed by atoms with Crippen LogP contribution in [0.25, 0.3) is 16.8 Å². The summed E-state index contributed by atoms with van der Waals surface area (Å²) >= 11 is 0. The van der Waals surface area contributed by atoms with Crippen LogP contribution in [0.15, 0.2) is 55.1 Å². The molecule has 0 aliphatic heterocycles. The highest BCUT2D eigenvalue weighted by Gasteiger charge is 2.25. The molecular formula is C22H18FN5O. The van der Waals surface area contributed by atoms with Crippen molar-refractivity contribution in [1.29, 1.82) is 0 Å². The number of aromatic nitrogens is 4. The topological polar surface area (TPSA) is 72.2 Å². The molecule has 1 aliphatic rings. The van der Waals surface area contributed by atoms with Crippen molar-refractivity contribution in [2.45, 2.75) is 25.7 Å². The normalized spacial score (nSPS) is 13.6. The number of fused-ring (bicyclic) bond motifs is 1. The number of pyridine rings is 1. The molecule has 0 saturated heterocycles. The number of rotatable bonds is 4. The Morgan fingerprint density at radius 1 is 1.17 bits per heavy atom. The fourth-order valence-electron chi connectivity index (χ4n) is 3.37. The van der Waals surface area contributed by atoms with E-state index < -0.39 is 5.82 Å². The Hall–Kier alpha value is -3.61. The van der Waals surface area contributed by atoms with Crippen molar-refractivity contribution in [3.8, 4) is 11.3 Å². The number of anilines is 1. The summed E-state index contributed by atoms with van der Waals surface area (Å²) < 4.78 is 16.2. The summed E-state index contributed by atoms with van der Waals surface area (Å²) in [6.07, 6.45) is 8.87. The Bertz CT molecular complexity index is 1230. The zero-order valence-corrected chi connectivity index (χ0v) is 15.8. The second kappa shape index (κ2) is 6.77. The van der Waals surface area contributed by atoms with E-state index in [4.69, 9.17) is 0 Å². The molecule has 1 aliphatic carbocycles. The lowest BCUT2D eigenvalue weighted by Gasteiger charge is -2.11. The van der Waals surface area contributed by atoms with Gasteiger partial charge in [0.15, 0.2) is 0 Å². The van der Waals surface area contributed by atoms with Crippen molar-refractivity contribution in [3.05, 3.63) is 77.8 Å². The maximum atomic E-state index is 14.6. The summed E-state index contributed by atoms with van der Waals surface area (Å²) in [6.45, 7) is 1.75. The van der Waals surface area contributed by atoms with Gasteiger partial charge < -0.3 is 5.32 Å². The van der Waals surface area contributed by atoms with Gasteiger partial charge in [-0.05, 0) is 49.6 Å². The van der Waals surface area contributed by atoms with Gasteiger partial charge in [0.05, 0.1) is 34.9 Å². The third-order valence-corrected chi connectivity index (χ3v) is 5.18. The highest BCUT2D eigenvalue weighted by Crippen LogP contribution is 2.39. The van der Waals surface area contributed by atoms with Crippen LogP contribution in [-0.2, 0) is 0 Å². The minimum atomic E-state index is -0.398. The van der Waals surface area contributed by atoms with E-state index in [0.29, 0.717) is 39.5 Å². The third kappa shape index (κ3) is 3.24. The Kier molecular flexibility index (Phi) is 4.08. The molecule has 3 heterocycles. The van der Waals surface area contributed by atoms with Crippen LogP contribution in [0.4, 0.5) is 10.1 Å². The Balaban J connectivity index is 1.47. The molecule has 0 bridgehead atoms. The first kappa shape index (κ1) is 17.5. The second-order valence-electron chi connectivity index (χ2n) is 7.29. The van der Waals surface area contributed by atoms with Crippen molar-refractivity contribution in [2.24, 2.45) is 0 Å². The van der Waals surface area contributed by atoms with Crippen molar-refractivity contribution < 1.29 is 9.18 Å². The number of amides is 1. The van der Waals surface area contributed by atoms with Crippen LogP contribution in [0, 0.1) is 12.7 Å². The lowest BCUT2D eigenvalue weighted by atomic mass is 10.1. The van der Waals surface area contributed by atoms with Gasteiger partial charge in [-0.2, -0.15) is 5.10 Å². The second-order valence-corrected chi connectivity index (χ2v) is 7.29. The van der Waals surface area contributed by atoms with E-state index in [1.54, 1.807) is 36.1 Å². The van der Waals surface area contributed by atoms with Gasteiger partial charge in [-0.25, -0.2) is 8.91 Å². The average molecular weight is 387 g/mol. The Labute approximate surface area is 166 Å². The van der Waals surface area contributed by atoms with Gasteiger partial charge in [-0.1, -0.05) is 6.07 Å². The molecule has 1 aromatic carbocycles. The minimum Gasteiger partial charge on any atom is -0.322 e. The van der Waals surface area contributed by atoms with E-state index in [-0.39, 0.29) is 5.91 Å². The van der Waals surface area contributed by atoms with Gasteiger partial charge >= 0.3 is 0 Å². The predicted octanol–water partition coefficient (Wildman–Crippen LogP) is 4.37. The molecule has 0 radical (unpaired) electrons. The molecule has 29 heavy (non-hydrogen) atoms. The number of aryl methyl sites for hydroxylation is 1. The number of nitrogens with zero attached hydrogens (tertiary/aromatic N) is 4. The molecule has 6 nitrogen and oxygen atoms in total. The highest BCUT2D eigenvalue weighted by atomic mass is 19.1. The lowest BCUT2D eigenvalue weighted by molar-refractivity contribution is 0.102. The molecule has 0 spiro atoms. The number of hydrogen-bond donors (Lipinski definition) is 1. The highest BCUT2D eigenvalue weighted by molar-refractivity contribution is 6.09. The van der Waals surface area contributed by atoms with Gasteiger partial charge in [0.25, 0.3) is 5.91 Å². The number of benzene rings is 1. The molecular weight excluding hydrogens is 369 g/mol. The van der Waals surface area contributed by atoms with Gasteiger partial charge in [-0.15, -0.1) is 0 Å². The van der Waals surface area contributed by atoms with E-state index in [1.165, 1.54) is 12.3 Å². The average Bonchev–Trinajstić information content (AvgIpc) is 3.49. The maximum Gasteiger partial charge on any atom is 0.259 e. The first-order chi connectivity index (χ1) is 14.1. The van der Waals surface area contributed by atoms with Crippen LogP contribution in [-0.4, -0.2) is 25.5 Å². The van der Waals surface area contributed by atoms with Crippen molar-refractivity contribution in [2.75, 3.05) is 5.32 Å². The van der Waals surface area contributed by atoms with Crippen molar-refractivity contribution in [3.63, 3.8) is 0 Å². The quantitative estimate of drug-likeness (QED) is 0.564. The molecule has 5 rings (SSSR count). The molecule has 144 valence electrons. The minimum absolute atomic E-state index is 0.304. The summed E-state index contributed by atoms with van der Waals surface area (Å²) in [6, 6.07) is 8.51. The first-order valence-corrected chi connectivity index (χ1v) is 9.46. The predicted molar refractivity (Wildman–Crippen MR) is 107 cm³/mol. The number of nitrogens with one attached hydrogen (secondary N) is 1. The smallest absolute Gasteiger partial charge is 0.259 e. The van der Waals surface area contributed by atoms with E-state index in [2.05, 4.69) is 20.4 Å². The third-order valence-electron chi connectivity index (χ3n) is 5.18. The number of carbonyl (C=O) groups excluding carboxylic acids is 1. The maximum absolute atomic E-state index is 14.6. The van der Waals surface area contributed by atoms with E-state index in [9.17, 15) is 9.18 Å². The van der Waals surface area contributed by atoms with Crippen molar-refractivity contribution in [1.82, 2.24) is 19.6 Å². The molecule has 7 heteroatoms. The fourth-order valence-corrected chi connectivity index (χ4v) is 3.37. The zero-order valence-electron chi connectivity index (χ0n) is 15.8. The first-order valence-electron chi connectivity index (χ1n) is 9.46. The van der Waals surface area contributed by atoms with Crippen LogP contribution in [0.2, 0.25) is 0 Å². The van der Waals surface area contributed by atoms with Crippen LogP contribution >= 0.6 is 0 Å². The molecule has 1 saturated carbocycles. The Morgan fingerprint density at radius 3 is 2.79 bits per heavy atom. The molecule has 1 amide bonds. The summed E-state index contributed by atoms with van der Waals surface area (Å²) in [4.78, 5) is 21.6. The van der Waals surface area contributed by atoms with Crippen LogP contribution in [0.1, 0.15) is 40.4 Å². The number of carbonyl (C=O) groups is 1. The summed E-state index contributed by atoms with van der Waals surface area (Å²) in [5.74, 6) is -0.216. The summed E-state index contributed by atoms with van der Waals surface area (Å²) in [7, 11) is 0. The summed E-state index contributed by atoms with van der Waals surface area (Å²) in [5.41, 5.74) is 3.99. The zero-order chi connectivity index (χ0) is 20.0. The number of hydrogen-bond acceptors (Lipinski definition) is 4. The fraction of sp³-hybridized carbons (Fsp3) is 0.182. The largest absolute Gasteiger partial charge is 0.322 e. The van der Waals surface area contributed by atoms with E-state index in [1.807, 2.05) is 18.2 Å². The van der Waals surface area contributed by atoms with Gasteiger partial charge in [-0.3, -0.25) is 14.8 Å². The van der Waals surface area contributed by atoms with Gasteiger partial charge in [0.2, 0.25) is 0 Å². The van der Waals surface area contributed by atoms with Crippen LogP contribution in [0.3, 0.4) is 0 Å². The molecule has 3 aromatic heterocycles. The lowest BCUT2D eigenvalue weighted by Crippen LogP contribution is -2.13. The standard InChI is InChI=1S/C22H18FN5O/c1-13-8-17(23)15(20-12-24-19(11-25-20)14-5-6-14)9-18(13)27-22(29)16-10-26-28-7-3-2-4-21(16)28/h2-4,7-12,14H,5-6H2,1H3,(H,27,29). The monoisotopic (exact) mass is 387 g/mol. The SMILES string of the molecule is Cc1cc(F)c(-c2cnc(C3CC3)cn2)cc1NC(=O)c1cnn2ccccc12. The molecule has 1 fully saturated rings. The van der Waals surface area contributed by atoms with Crippen LogP contribution in [0.5, 0.6) is 0 Å². The molecule has 4 aromatic rings. The molecule has 1 N–H and O–H groups in total. The van der Waals surface area contributed by atoms with Gasteiger partial charge in [0.1, 0.15) is 5.82 Å². The Morgan fingerprint density at radius 2 is 2.03 bits per heavy atom. The summed E-state index contributed by atoms with van der Waals surface area (Å²) in [5, 5.41) is 7.06.